The Morgan fingerprint density at radius 2 is 1.91 bits per heavy atom. The first kappa shape index (κ1) is 14.7. The lowest BCUT2D eigenvalue weighted by molar-refractivity contribution is 0.0389. The van der Waals surface area contributed by atoms with Gasteiger partial charge in [-0.3, -0.25) is 14.7 Å². The fourth-order valence-corrected chi connectivity index (χ4v) is 3.54. The molecule has 0 radical (unpaired) electrons. The lowest BCUT2D eigenvalue weighted by Gasteiger charge is -2.29. The van der Waals surface area contributed by atoms with Crippen molar-refractivity contribution in [3.05, 3.63) is 40.2 Å². The van der Waals surface area contributed by atoms with Crippen LogP contribution in [-0.4, -0.2) is 49.3 Å². The van der Waals surface area contributed by atoms with Crippen molar-refractivity contribution in [2.75, 3.05) is 44.4 Å². The summed E-state index contributed by atoms with van der Waals surface area (Å²) in [5.74, 6) is 0.912. The van der Waals surface area contributed by atoms with Gasteiger partial charge in [0.25, 0.3) is 5.56 Å². The molecule has 0 amide bonds. The minimum Gasteiger partial charge on any atom is -0.379 e. The number of rotatable bonds is 3. The highest BCUT2D eigenvalue weighted by Gasteiger charge is 2.28. The number of hydrazine groups is 1. The van der Waals surface area contributed by atoms with Crippen LogP contribution in [0.5, 0.6) is 0 Å². The number of nitrogens with one attached hydrogen (secondary N) is 2. The fourth-order valence-electron chi connectivity index (χ4n) is 3.54. The zero-order valence-corrected chi connectivity index (χ0v) is 13.3. The second-order valence-corrected chi connectivity index (χ2v) is 6.22. The van der Waals surface area contributed by atoms with Crippen molar-refractivity contribution >= 4 is 16.6 Å². The number of ether oxygens (including phenoxy) is 1. The molecule has 2 aromatic rings. The van der Waals surface area contributed by atoms with Crippen molar-refractivity contribution in [3.63, 3.8) is 0 Å². The Morgan fingerprint density at radius 3 is 2.70 bits per heavy atom. The van der Waals surface area contributed by atoms with Gasteiger partial charge in [-0.25, -0.2) is 5.43 Å². The number of aromatic amines is 1. The molecular formula is C17H22N4O2. The molecule has 3 heterocycles. The highest BCUT2D eigenvalue weighted by atomic mass is 16.5. The minimum absolute atomic E-state index is 0.0216. The van der Waals surface area contributed by atoms with Crippen molar-refractivity contribution < 1.29 is 4.74 Å². The Bertz CT molecular complexity index is 767. The number of hydrogen-bond acceptors (Lipinski definition) is 5. The van der Waals surface area contributed by atoms with Gasteiger partial charge in [0, 0.05) is 37.1 Å². The van der Waals surface area contributed by atoms with Crippen LogP contribution in [0.3, 0.4) is 0 Å². The number of aromatic nitrogens is 1. The smallest absolute Gasteiger partial charge is 0.257 e. The van der Waals surface area contributed by atoms with E-state index in [9.17, 15) is 4.79 Å². The number of hydrogen-bond donors (Lipinski definition) is 2. The van der Waals surface area contributed by atoms with Crippen molar-refractivity contribution in [1.82, 2.24) is 15.3 Å². The van der Waals surface area contributed by atoms with E-state index < -0.39 is 0 Å². The van der Waals surface area contributed by atoms with Gasteiger partial charge in [-0.15, -0.1) is 0 Å². The van der Waals surface area contributed by atoms with E-state index in [1.807, 2.05) is 24.3 Å². The first-order valence-corrected chi connectivity index (χ1v) is 8.23. The van der Waals surface area contributed by atoms with E-state index in [0.717, 1.165) is 56.0 Å². The number of pyridine rings is 1. The molecule has 2 aliphatic heterocycles. The topological polar surface area (TPSA) is 60.6 Å². The SMILES string of the molecule is CC1NN(CCN2CCOCC2)c2[nH]c(=O)c3ccccc3c21. The molecule has 1 saturated heterocycles. The summed E-state index contributed by atoms with van der Waals surface area (Å²) in [6.07, 6.45) is 0. The first-order chi connectivity index (χ1) is 11.2. The van der Waals surface area contributed by atoms with E-state index in [-0.39, 0.29) is 11.6 Å². The van der Waals surface area contributed by atoms with Crippen molar-refractivity contribution in [1.29, 1.82) is 0 Å². The number of H-pyrrole nitrogens is 1. The molecule has 0 saturated carbocycles. The lowest BCUT2D eigenvalue weighted by Crippen LogP contribution is -2.44. The molecule has 0 aliphatic carbocycles. The molecule has 1 aromatic carbocycles. The summed E-state index contributed by atoms with van der Waals surface area (Å²) >= 11 is 0. The number of nitrogens with zero attached hydrogens (tertiary/aromatic N) is 2. The van der Waals surface area contributed by atoms with Gasteiger partial charge < -0.3 is 9.72 Å². The van der Waals surface area contributed by atoms with Crippen LogP contribution in [-0.2, 0) is 4.74 Å². The predicted molar refractivity (Wildman–Crippen MR) is 90.7 cm³/mol. The number of benzene rings is 1. The molecule has 4 rings (SSSR count). The summed E-state index contributed by atoms with van der Waals surface area (Å²) in [6.45, 7) is 7.50. The summed E-state index contributed by atoms with van der Waals surface area (Å²) in [7, 11) is 0. The third-order valence-corrected chi connectivity index (χ3v) is 4.74. The Morgan fingerprint density at radius 1 is 1.17 bits per heavy atom. The summed E-state index contributed by atoms with van der Waals surface area (Å²) in [5.41, 5.74) is 4.64. The molecule has 23 heavy (non-hydrogen) atoms. The third-order valence-electron chi connectivity index (χ3n) is 4.74. The maximum Gasteiger partial charge on any atom is 0.257 e. The Balaban J connectivity index is 1.63. The summed E-state index contributed by atoms with van der Waals surface area (Å²) in [4.78, 5) is 17.8. The van der Waals surface area contributed by atoms with Crippen LogP contribution in [0.15, 0.2) is 29.1 Å². The monoisotopic (exact) mass is 314 g/mol. The van der Waals surface area contributed by atoms with Crippen molar-refractivity contribution in [3.8, 4) is 0 Å². The van der Waals surface area contributed by atoms with Crippen LogP contribution < -0.4 is 16.0 Å². The molecule has 0 spiro atoms. The summed E-state index contributed by atoms with van der Waals surface area (Å²) in [6, 6.07) is 8.01. The van der Waals surface area contributed by atoms with Gasteiger partial charge in [-0.2, -0.15) is 0 Å². The van der Waals surface area contributed by atoms with Gasteiger partial charge in [-0.05, 0) is 18.4 Å². The molecule has 1 fully saturated rings. The van der Waals surface area contributed by atoms with Crippen LogP contribution >= 0.6 is 0 Å². The highest BCUT2D eigenvalue weighted by Crippen LogP contribution is 2.34. The number of fused-ring (bicyclic) bond motifs is 3. The number of morpholine rings is 1. The van der Waals surface area contributed by atoms with Crippen LogP contribution in [0.4, 0.5) is 5.82 Å². The maximum atomic E-state index is 12.4. The van der Waals surface area contributed by atoms with E-state index in [1.165, 1.54) is 5.56 Å². The summed E-state index contributed by atoms with van der Waals surface area (Å²) in [5, 5.41) is 3.89. The molecule has 2 aliphatic rings. The molecule has 0 bridgehead atoms. The molecule has 1 aromatic heterocycles. The van der Waals surface area contributed by atoms with Crippen molar-refractivity contribution in [2.45, 2.75) is 13.0 Å². The zero-order valence-electron chi connectivity index (χ0n) is 13.3. The quantitative estimate of drug-likeness (QED) is 0.893. The van der Waals surface area contributed by atoms with Crippen LogP contribution in [0.1, 0.15) is 18.5 Å². The highest BCUT2D eigenvalue weighted by molar-refractivity contribution is 5.89. The lowest BCUT2D eigenvalue weighted by atomic mass is 10.0. The van der Waals surface area contributed by atoms with E-state index in [1.54, 1.807) is 0 Å². The molecule has 1 unspecified atom stereocenters. The van der Waals surface area contributed by atoms with Gasteiger partial charge in [0.1, 0.15) is 5.82 Å². The Hall–Kier alpha value is -1.89. The van der Waals surface area contributed by atoms with Crippen LogP contribution in [0, 0.1) is 0 Å². The minimum atomic E-state index is -0.0216. The standard InChI is InChI=1S/C17H22N4O2/c1-12-15-13-4-2-3-5-14(13)17(22)18-16(15)21(19-12)7-6-20-8-10-23-11-9-20/h2-5,12,19H,6-11H2,1H3,(H,18,22). The molecular weight excluding hydrogens is 292 g/mol. The van der Waals surface area contributed by atoms with Crippen LogP contribution in [0.2, 0.25) is 0 Å². The molecule has 2 N–H and O–H groups in total. The second-order valence-electron chi connectivity index (χ2n) is 6.22. The van der Waals surface area contributed by atoms with Crippen molar-refractivity contribution in [2.24, 2.45) is 0 Å². The van der Waals surface area contributed by atoms with Gasteiger partial charge in [0.2, 0.25) is 0 Å². The first-order valence-electron chi connectivity index (χ1n) is 8.23. The van der Waals surface area contributed by atoms with E-state index in [2.05, 4.69) is 27.2 Å². The zero-order chi connectivity index (χ0) is 15.8. The van der Waals surface area contributed by atoms with Gasteiger partial charge in [0.05, 0.1) is 19.3 Å². The van der Waals surface area contributed by atoms with E-state index in [0.29, 0.717) is 0 Å². The molecule has 122 valence electrons. The molecule has 1 atom stereocenters. The Kier molecular flexibility index (Phi) is 3.80. The van der Waals surface area contributed by atoms with E-state index in [4.69, 9.17) is 4.74 Å². The normalized spacial score (nSPS) is 21.8. The van der Waals surface area contributed by atoms with Gasteiger partial charge in [0.15, 0.2) is 0 Å². The second kappa shape index (κ2) is 5.96. The summed E-state index contributed by atoms with van der Waals surface area (Å²) < 4.78 is 5.39. The maximum absolute atomic E-state index is 12.4. The van der Waals surface area contributed by atoms with Gasteiger partial charge >= 0.3 is 0 Å². The average molecular weight is 314 g/mol. The van der Waals surface area contributed by atoms with E-state index >= 15 is 0 Å². The van der Waals surface area contributed by atoms with Gasteiger partial charge in [-0.1, -0.05) is 18.2 Å². The average Bonchev–Trinajstić information content (AvgIpc) is 2.90. The number of anilines is 1. The predicted octanol–water partition coefficient (Wildman–Crippen LogP) is 1.25. The third kappa shape index (κ3) is 2.63. The molecule has 6 nitrogen and oxygen atoms in total. The Labute approximate surface area is 135 Å². The molecule has 6 heteroatoms. The largest absolute Gasteiger partial charge is 0.379 e. The van der Waals surface area contributed by atoms with Crippen LogP contribution in [0.25, 0.3) is 10.8 Å². The fraction of sp³-hybridized carbons (Fsp3) is 0.471.